The Morgan fingerprint density at radius 3 is 2.32 bits per heavy atom. The number of halogens is 3. The van der Waals surface area contributed by atoms with Crippen LogP contribution >= 0.6 is 0 Å². The smallest absolute Gasteiger partial charge is 0.405 e. The van der Waals surface area contributed by atoms with E-state index in [1.165, 1.54) is 12.1 Å². The molecule has 0 aliphatic carbocycles. The summed E-state index contributed by atoms with van der Waals surface area (Å²) in [7, 11) is 0. The lowest BCUT2D eigenvalue weighted by atomic mass is 10.1. The van der Waals surface area contributed by atoms with E-state index in [1.54, 1.807) is 12.1 Å². The number of hydrogen-bond acceptors (Lipinski definition) is 1. The van der Waals surface area contributed by atoms with Crippen LogP contribution in [0.3, 0.4) is 0 Å². The van der Waals surface area contributed by atoms with Gasteiger partial charge in [0.25, 0.3) is 0 Å². The summed E-state index contributed by atoms with van der Waals surface area (Å²) in [6, 6.07) is 16.2. The first-order valence-electron chi connectivity index (χ1n) is 5.53. The lowest BCUT2D eigenvalue weighted by molar-refractivity contribution is -0.274. The lowest BCUT2D eigenvalue weighted by Gasteiger charge is -2.08. The molecule has 0 aliphatic rings. The number of alkyl halides is 3. The number of rotatable bonds is 3. The molecule has 0 unspecified atom stereocenters. The summed E-state index contributed by atoms with van der Waals surface area (Å²) >= 11 is 0. The Morgan fingerprint density at radius 1 is 0.947 bits per heavy atom. The van der Waals surface area contributed by atoms with Crippen molar-refractivity contribution in [3.8, 4) is 5.75 Å². The minimum atomic E-state index is -4.70. The first-order chi connectivity index (χ1) is 9.03. The second-order valence-corrected chi connectivity index (χ2v) is 3.78. The summed E-state index contributed by atoms with van der Waals surface area (Å²) in [6.45, 7) is 0. The van der Waals surface area contributed by atoms with Gasteiger partial charge in [0.1, 0.15) is 5.75 Å². The van der Waals surface area contributed by atoms with Gasteiger partial charge in [0.2, 0.25) is 0 Å². The largest absolute Gasteiger partial charge is 0.573 e. The van der Waals surface area contributed by atoms with Gasteiger partial charge in [0.05, 0.1) is 0 Å². The summed E-state index contributed by atoms with van der Waals surface area (Å²) in [5.74, 6) is -0.345. The van der Waals surface area contributed by atoms with Crippen molar-refractivity contribution in [1.29, 1.82) is 0 Å². The molecule has 97 valence electrons. The minimum absolute atomic E-state index is 0.345. The van der Waals surface area contributed by atoms with E-state index in [1.807, 2.05) is 36.4 Å². The monoisotopic (exact) mass is 263 g/mol. The number of benzene rings is 2. The zero-order valence-corrected chi connectivity index (χ0v) is 9.82. The first kappa shape index (κ1) is 13.2. The van der Waals surface area contributed by atoms with Gasteiger partial charge >= 0.3 is 6.36 Å². The van der Waals surface area contributed by atoms with Crippen LogP contribution in [-0.2, 0) is 0 Å². The molecule has 2 aromatic carbocycles. The quantitative estimate of drug-likeness (QED) is 0.738. The van der Waals surface area contributed by atoms with Gasteiger partial charge < -0.3 is 4.74 Å². The van der Waals surface area contributed by atoms with Crippen molar-refractivity contribution in [3.05, 3.63) is 65.7 Å². The zero-order chi connectivity index (χ0) is 13.7. The summed E-state index contributed by atoms with van der Waals surface area (Å²) in [5.41, 5.74) is 1.58. The molecule has 4 heteroatoms. The van der Waals surface area contributed by atoms with Crippen LogP contribution < -0.4 is 4.74 Å². The highest BCUT2D eigenvalue weighted by Crippen LogP contribution is 2.23. The van der Waals surface area contributed by atoms with Gasteiger partial charge in [-0.05, 0) is 23.3 Å². The normalized spacial score (nSPS) is 11.7. The SMILES string of the molecule is FC(F)(F)Oc1[c]ccc(C=Cc2ccccc2)c1. The second-order valence-electron chi connectivity index (χ2n) is 3.78. The molecule has 2 aromatic rings. The van der Waals surface area contributed by atoms with Gasteiger partial charge in [-0.15, -0.1) is 13.2 Å². The third-order valence-corrected chi connectivity index (χ3v) is 2.29. The van der Waals surface area contributed by atoms with E-state index in [-0.39, 0.29) is 5.75 Å². The second kappa shape index (κ2) is 5.61. The Balaban J connectivity index is 2.13. The molecule has 0 atom stereocenters. The fraction of sp³-hybridized carbons (Fsp3) is 0.0667. The molecule has 0 bridgehead atoms. The summed E-state index contributed by atoms with van der Waals surface area (Å²) < 4.78 is 40.0. The topological polar surface area (TPSA) is 9.23 Å². The van der Waals surface area contributed by atoms with Crippen LogP contribution in [0.2, 0.25) is 0 Å². The van der Waals surface area contributed by atoms with E-state index >= 15 is 0 Å². The minimum Gasteiger partial charge on any atom is -0.405 e. The van der Waals surface area contributed by atoms with E-state index in [0.717, 1.165) is 5.56 Å². The molecule has 2 rings (SSSR count). The Kier molecular flexibility index (Phi) is 3.90. The Labute approximate surface area is 109 Å². The van der Waals surface area contributed by atoms with E-state index in [4.69, 9.17) is 0 Å². The molecule has 0 amide bonds. The lowest BCUT2D eigenvalue weighted by Crippen LogP contribution is -2.17. The van der Waals surface area contributed by atoms with Crippen molar-refractivity contribution in [1.82, 2.24) is 0 Å². The molecule has 0 saturated heterocycles. The van der Waals surface area contributed by atoms with Gasteiger partial charge in [-0.25, -0.2) is 0 Å². The van der Waals surface area contributed by atoms with Crippen molar-refractivity contribution >= 4 is 12.2 Å². The van der Waals surface area contributed by atoms with Gasteiger partial charge in [-0.3, -0.25) is 0 Å². The van der Waals surface area contributed by atoms with E-state index in [9.17, 15) is 13.2 Å². The van der Waals surface area contributed by atoms with Gasteiger partial charge in [0.15, 0.2) is 0 Å². The van der Waals surface area contributed by atoms with Gasteiger partial charge in [-0.1, -0.05) is 48.6 Å². The standard InChI is InChI=1S/C15H10F3O/c16-15(17,18)19-14-8-4-7-13(11-14)10-9-12-5-2-1-3-6-12/h1-7,9-11H. The van der Waals surface area contributed by atoms with Gasteiger partial charge in [0, 0.05) is 6.07 Å². The van der Waals surface area contributed by atoms with Crippen molar-refractivity contribution in [2.75, 3.05) is 0 Å². The highest BCUT2D eigenvalue weighted by atomic mass is 19.4. The van der Waals surface area contributed by atoms with Crippen molar-refractivity contribution in [3.63, 3.8) is 0 Å². The van der Waals surface area contributed by atoms with Crippen LogP contribution in [0.15, 0.2) is 48.5 Å². The third-order valence-electron chi connectivity index (χ3n) is 2.29. The van der Waals surface area contributed by atoms with Crippen LogP contribution in [-0.4, -0.2) is 6.36 Å². The highest BCUT2D eigenvalue weighted by molar-refractivity contribution is 5.69. The van der Waals surface area contributed by atoms with Crippen LogP contribution in [0.5, 0.6) is 5.75 Å². The molecule has 0 saturated carbocycles. The molecule has 0 N–H and O–H groups in total. The van der Waals surface area contributed by atoms with Crippen LogP contribution in [0.25, 0.3) is 12.2 Å². The average molecular weight is 263 g/mol. The predicted molar refractivity (Wildman–Crippen MR) is 67.3 cm³/mol. The fourth-order valence-corrected chi connectivity index (χ4v) is 1.51. The van der Waals surface area contributed by atoms with E-state index in [2.05, 4.69) is 10.8 Å². The van der Waals surface area contributed by atoms with E-state index < -0.39 is 6.36 Å². The predicted octanol–water partition coefficient (Wildman–Crippen LogP) is 4.56. The molecule has 0 spiro atoms. The van der Waals surface area contributed by atoms with Crippen molar-refractivity contribution < 1.29 is 17.9 Å². The highest BCUT2D eigenvalue weighted by Gasteiger charge is 2.31. The van der Waals surface area contributed by atoms with Gasteiger partial charge in [-0.2, -0.15) is 0 Å². The Hall–Kier alpha value is -2.23. The molecule has 0 heterocycles. The van der Waals surface area contributed by atoms with Crippen molar-refractivity contribution in [2.24, 2.45) is 0 Å². The number of hydrogen-bond donors (Lipinski definition) is 0. The number of ether oxygens (including phenoxy) is 1. The maximum absolute atomic E-state index is 12.1. The summed E-state index contributed by atoms with van der Waals surface area (Å²) in [6.07, 6.45) is -1.17. The average Bonchev–Trinajstić information content (AvgIpc) is 2.36. The maximum Gasteiger partial charge on any atom is 0.573 e. The van der Waals surface area contributed by atoms with Crippen LogP contribution in [0.4, 0.5) is 13.2 Å². The molecule has 19 heavy (non-hydrogen) atoms. The Morgan fingerprint density at radius 2 is 1.63 bits per heavy atom. The van der Waals surface area contributed by atoms with Crippen LogP contribution in [0.1, 0.15) is 11.1 Å². The molecule has 1 nitrogen and oxygen atoms in total. The third kappa shape index (κ3) is 4.50. The summed E-state index contributed by atoms with van der Waals surface area (Å²) in [5, 5.41) is 0. The molecule has 0 aromatic heterocycles. The van der Waals surface area contributed by atoms with Crippen LogP contribution in [0, 0.1) is 6.07 Å². The molecule has 0 fully saturated rings. The maximum atomic E-state index is 12.1. The molecule has 1 radical (unpaired) electrons. The van der Waals surface area contributed by atoms with Crippen molar-refractivity contribution in [2.45, 2.75) is 6.36 Å². The van der Waals surface area contributed by atoms with E-state index in [0.29, 0.717) is 5.56 Å². The molecule has 0 aliphatic heterocycles. The zero-order valence-electron chi connectivity index (χ0n) is 9.82. The molecular formula is C15H10F3O. The Bertz CT molecular complexity index is 559. The fourth-order valence-electron chi connectivity index (χ4n) is 1.51. The first-order valence-corrected chi connectivity index (χ1v) is 5.53. The molecular weight excluding hydrogens is 253 g/mol. The summed E-state index contributed by atoms with van der Waals surface area (Å²) in [4.78, 5) is 0.